The maximum atomic E-state index is 13.4. The fourth-order valence-electron chi connectivity index (χ4n) is 3.44. The Morgan fingerprint density at radius 2 is 1.78 bits per heavy atom. The largest absolute Gasteiger partial charge is 0.268 e. The van der Waals surface area contributed by atoms with Gasteiger partial charge in [0, 0.05) is 17.3 Å². The minimum Gasteiger partial charge on any atom is -0.268 e. The normalized spacial score (nSPS) is 11.2. The van der Waals surface area contributed by atoms with Gasteiger partial charge < -0.3 is 0 Å². The highest BCUT2D eigenvalue weighted by molar-refractivity contribution is 7.98. The summed E-state index contributed by atoms with van der Waals surface area (Å²) in [6.45, 7) is 2.12. The summed E-state index contributed by atoms with van der Waals surface area (Å²) in [5.74, 6) is 0.612. The average molecular weight is 457 g/mol. The highest BCUT2D eigenvalue weighted by Gasteiger charge is 2.14. The number of hydrogen-bond donors (Lipinski definition) is 0. The van der Waals surface area contributed by atoms with Crippen LogP contribution in [0.5, 0.6) is 0 Å². The molecule has 0 aliphatic heterocycles. The van der Waals surface area contributed by atoms with Crippen LogP contribution >= 0.6 is 23.1 Å². The van der Waals surface area contributed by atoms with Gasteiger partial charge in [-0.3, -0.25) is 14.3 Å². The Balaban J connectivity index is 1.51. The lowest BCUT2D eigenvalue weighted by molar-refractivity contribution is 0.818. The van der Waals surface area contributed by atoms with Gasteiger partial charge in [0.2, 0.25) is 0 Å². The molecule has 0 unspecified atom stereocenters. The Hall–Kier alpha value is -3.29. The molecular formula is C25H20N4OS2. The van der Waals surface area contributed by atoms with Crippen LogP contribution in [0.2, 0.25) is 0 Å². The maximum Gasteiger partial charge on any atom is 0.266 e. The number of nitrogens with zero attached hydrogens (tertiary/aromatic N) is 4. The molecule has 3 heterocycles. The summed E-state index contributed by atoms with van der Waals surface area (Å²) in [4.78, 5) is 27.3. The summed E-state index contributed by atoms with van der Waals surface area (Å²) in [5, 5.41) is 4.20. The molecule has 5 nitrogen and oxygen atoms in total. The molecule has 0 saturated carbocycles. The summed E-state index contributed by atoms with van der Waals surface area (Å²) < 4.78 is 1.71. The second-order valence-electron chi connectivity index (χ2n) is 7.22. The van der Waals surface area contributed by atoms with Crippen molar-refractivity contribution in [3.05, 3.63) is 99.9 Å². The van der Waals surface area contributed by atoms with Crippen molar-refractivity contribution in [3.63, 3.8) is 0 Å². The van der Waals surface area contributed by atoms with E-state index in [1.54, 1.807) is 22.1 Å². The SMILES string of the molecule is CCc1ccc(-n2c(SCc3csc(-c4ccccn4)n3)nc3ccccc3c2=O)cc1. The summed E-state index contributed by atoms with van der Waals surface area (Å²) >= 11 is 3.09. The number of aromatic nitrogens is 4. The van der Waals surface area contributed by atoms with Crippen LogP contribution in [0, 0.1) is 0 Å². The Kier molecular flexibility index (Phi) is 5.83. The molecule has 7 heteroatoms. The van der Waals surface area contributed by atoms with E-state index in [-0.39, 0.29) is 5.56 Å². The number of thiazole rings is 1. The molecule has 5 rings (SSSR count). The number of pyridine rings is 1. The highest BCUT2D eigenvalue weighted by Crippen LogP contribution is 2.28. The Bertz CT molecular complexity index is 1430. The molecule has 32 heavy (non-hydrogen) atoms. The number of thioether (sulfide) groups is 1. The third kappa shape index (κ3) is 4.09. The first-order chi connectivity index (χ1) is 15.7. The molecule has 0 atom stereocenters. The number of rotatable bonds is 6. The summed E-state index contributed by atoms with van der Waals surface area (Å²) in [5.41, 5.74) is 4.50. The average Bonchev–Trinajstić information content (AvgIpc) is 3.33. The van der Waals surface area contributed by atoms with Gasteiger partial charge >= 0.3 is 0 Å². The highest BCUT2D eigenvalue weighted by atomic mass is 32.2. The lowest BCUT2D eigenvalue weighted by atomic mass is 10.1. The third-order valence-corrected chi connectivity index (χ3v) is 7.02. The molecule has 5 aromatic rings. The van der Waals surface area contributed by atoms with Crippen molar-refractivity contribution in [3.8, 4) is 16.4 Å². The lowest BCUT2D eigenvalue weighted by Gasteiger charge is -2.13. The molecule has 2 aromatic carbocycles. The van der Waals surface area contributed by atoms with Gasteiger partial charge in [0.15, 0.2) is 5.16 Å². The first-order valence-corrected chi connectivity index (χ1v) is 12.2. The van der Waals surface area contributed by atoms with E-state index in [0.717, 1.165) is 28.5 Å². The molecule has 0 saturated heterocycles. The van der Waals surface area contributed by atoms with E-state index in [4.69, 9.17) is 9.97 Å². The molecule has 158 valence electrons. The van der Waals surface area contributed by atoms with Crippen LogP contribution in [0.1, 0.15) is 18.2 Å². The van der Waals surface area contributed by atoms with Crippen molar-refractivity contribution < 1.29 is 0 Å². The van der Waals surface area contributed by atoms with E-state index in [2.05, 4.69) is 24.0 Å². The Labute approximate surface area is 193 Å². The monoisotopic (exact) mass is 456 g/mol. The van der Waals surface area contributed by atoms with Gasteiger partial charge in [-0.05, 0) is 48.4 Å². The predicted molar refractivity (Wildman–Crippen MR) is 132 cm³/mol. The van der Waals surface area contributed by atoms with Crippen LogP contribution in [0.15, 0.2) is 88.3 Å². The molecule has 0 radical (unpaired) electrons. The van der Waals surface area contributed by atoms with Gasteiger partial charge in [-0.2, -0.15) is 0 Å². The van der Waals surface area contributed by atoms with E-state index in [0.29, 0.717) is 21.8 Å². The maximum absolute atomic E-state index is 13.4. The molecule has 3 aromatic heterocycles. The van der Waals surface area contributed by atoms with Gasteiger partial charge in [0.1, 0.15) is 5.01 Å². The molecule has 0 spiro atoms. The molecule has 0 aliphatic rings. The Morgan fingerprint density at radius 3 is 2.56 bits per heavy atom. The number of aryl methyl sites for hydroxylation is 1. The number of fused-ring (bicyclic) bond motifs is 1. The number of benzene rings is 2. The van der Waals surface area contributed by atoms with Crippen molar-refractivity contribution >= 4 is 34.0 Å². The van der Waals surface area contributed by atoms with Crippen molar-refractivity contribution in [2.24, 2.45) is 0 Å². The lowest BCUT2D eigenvalue weighted by Crippen LogP contribution is -2.21. The third-order valence-electron chi connectivity index (χ3n) is 5.13. The topological polar surface area (TPSA) is 60.7 Å². The summed E-state index contributed by atoms with van der Waals surface area (Å²) in [6.07, 6.45) is 2.72. The summed E-state index contributed by atoms with van der Waals surface area (Å²) in [7, 11) is 0. The van der Waals surface area contributed by atoms with Crippen molar-refractivity contribution in [1.82, 2.24) is 19.5 Å². The molecule has 0 aliphatic carbocycles. The Morgan fingerprint density at radius 1 is 0.969 bits per heavy atom. The van der Waals surface area contributed by atoms with Crippen molar-refractivity contribution in [2.75, 3.05) is 0 Å². The number of hydrogen-bond acceptors (Lipinski definition) is 6. The fraction of sp³-hybridized carbons (Fsp3) is 0.120. The zero-order chi connectivity index (χ0) is 21.9. The minimum absolute atomic E-state index is 0.0604. The van der Waals surface area contributed by atoms with Gasteiger partial charge in [0.05, 0.1) is 28.0 Å². The van der Waals surface area contributed by atoms with E-state index in [9.17, 15) is 4.79 Å². The molecule has 0 bridgehead atoms. The van der Waals surface area contributed by atoms with Crippen LogP contribution in [-0.4, -0.2) is 19.5 Å². The van der Waals surface area contributed by atoms with Crippen LogP contribution in [0.25, 0.3) is 27.3 Å². The number of para-hydroxylation sites is 1. The molecule has 0 fully saturated rings. The first-order valence-electron chi connectivity index (χ1n) is 10.3. The zero-order valence-electron chi connectivity index (χ0n) is 17.4. The van der Waals surface area contributed by atoms with Gasteiger partial charge in [-0.15, -0.1) is 11.3 Å². The van der Waals surface area contributed by atoms with Crippen LogP contribution < -0.4 is 5.56 Å². The zero-order valence-corrected chi connectivity index (χ0v) is 19.1. The standard InChI is InChI=1S/C25H20N4OS2/c1-2-17-10-12-19(13-11-17)29-24(30)20-7-3-4-8-21(20)28-25(29)32-16-18-15-31-23(27-18)22-9-5-6-14-26-22/h3-15H,2,16H2,1H3. The first kappa shape index (κ1) is 20.6. The second-order valence-corrected chi connectivity index (χ2v) is 9.02. The molecule has 0 amide bonds. The smallest absolute Gasteiger partial charge is 0.266 e. The van der Waals surface area contributed by atoms with E-state index < -0.39 is 0 Å². The molecular weight excluding hydrogens is 436 g/mol. The van der Waals surface area contributed by atoms with Crippen LogP contribution in [-0.2, 0) is 12.2 Å². The van der Waals surface area contributed by atoms with Crippen molar-refractivity contribution in [2.45, 2.75) is 24.3 Å². The quantitative estimate of drug-likeness (QED) is 0.240. The van der Waals surface area contributed by atoms with Crippen LogP contribution in [0.4, 0.5) is 0 Å². The fourth-order valence-corrected chi connectivity index (χ4v) is 5.24. The summed E-state index contributed by atoms with van der Waals surface area (Å²) in [6, 6.07) is 21.4. The second kappa shape index (κ2) is 9.06. The van der Waals surface area contributed by atoms with E-state index in [1.165, 1.54) is 17.3 Å². The van der Waals surface area contributed by atoms with E-state index in [1.807, 2.05) is 60.0 Å². The van der Waals surface area contributed by atoms with Crippen LogP contribution in [0.3, 0.4) is 0 Å². The van der Waals surface area contributed by atoms with Gasteiger partial charge in [-0.25, -0.2) is 9.97 Å². The van der Waals surface area contributed by atoms with Gasteiger partial charge in [0.25, 0.3) is 5.56 Å². The van der Waals surface area contributed by atoms with E-state index >= 15 is 0 Å². The minimum atomic E-state index is -0.0604. The van der Waals surface area contributed by atoms with Crippen molar-refractivity contribution in [1.29, 1.82) is 0 Å². The van der Waals surface area contributed by atoms with Gasteiger partial charge in [-0.1, -0.05) is 49.0 Å². The predicted octanol–water partition coefficient (Wildman–Crippen LogP) is 5.76. The molecule has 0 N–H and O–H groups in total.